The molecule has 0 unspecified atom stereocenters. The van der Waals surface area contributed by atoms with Gasteiger partial charge in [-0.05, 0) is 48.9 Å². The Morgan fingerprint density at radius 3 is 2.39 bits per heavy atom. The van der Waals surface area contributed by atoms with Gasteiger partial charge in [0, 0.05) is 55.1 Å². The number of ketones is 1. The van der Waals surface area contributed by atoms with Gasteiger partial charge in [-0.25, -0.2) is 9.97 Å². The predicted molar refractivity (Wildman–Crippen MR) is 125 cm³/mol. The predicted octanol–water partition coefficient (Wildman–Crippen LogP) is 3.72. The molecule has 1 aromatic carbocycles. The van der Waals surface area contributed by atoms with Crippen LogP contribution in [0.15, 0.2) is 60.9 Å². The van der Waals surface area contributed by atoms with Crippen molar-refractivity contribution in [3.8, 4) is 16.9 Å². The van der Waals surface area contributed by atoms with Gasteiger partial charge in [-0.2, -0.15) is 0 Å². The Hall–Kier alpha value is -3.42. The van der Waals surface area contributed by atoms with Gasteiger partial charge in [0.25, 0.3) is 0 Å². The highest BCUT2D eigenvalue weighted by molar-refractivity contribution is 5.80. The molecule has 0 saturated carbocycles. The molecule has 0 radical (unpaired) electrons. The third-order valence-corrected chi connectivity index (χ3v) is 6.69. The van der Waals surface area contributed by atoms with Crippen molar-refractivity contribution in [3.05, 3.63) is 72.3 Å². The summed E-state index contributed by atoms with van der Waals surface area (Å²) < 4.78 is 7.81. The number of carbonyl (C=O) groups is 1. The Bertz CT molecular complexity index is 1300. The number of carbonyl (C=O) groups excluding carboxylic acids is 1. The number of morpholine rings is 1. The summed E-state index contributed by atoms with van der Waals surface area (Å²) in [7, 11) is 0. The molecule has 6 rings (SSSR count). The number of hydrogen-bond donors (Lipinski definition) is 0. The van der Waals surface area contributed by atoms with Gasteiger partial charge < -0.3 is 4.74 Å². The maximum atomic E-state index is 12.0. The summed E-state index contributed by atoms with van der Waals surface area (Å²) in [5, 5.41) is 0. The van der Waals surface area contributed by atoms with E-state index in [-0.39, 0.29) is 12.1 Å². The molecule has 0 spiro atoms. The Kier molecular flexibility index (Phi) is 5.00. The molecule has 0 aliphatic carbocycles. The van der Waals surface area contributed by atoms with Gasteiger partial charge in [-0.15, -0.1) is 0 Å². The zero-order chi connectivity index (χ0) is 22.4. The number of hydrogen-bond acceptors (Lipinski definition) is 6. The summed E-state index contributed by atoms with van der Waals surface area (Å²) in [6, 6.07) is 16.9. The SMILES string of the molecule is Cc1nc2ccc(-c3ccncc3)nc2n1-c1ccc(CN2[C@@H]3COC[C@H]2CC(=O)C3)cc1. The molecule has 7 nitrogen and oxygen atoms in total. The van der Waals surface area contributed by atoms with Crippen LogP contribution in [0.3, 0.4) is 0 Å². The first-order chi connectivity index (χ1) is 16.2. The second kappa shape index (κ2) is 8.17. The first kappa shape index (κ1) is 20.2. The molecule has 2 aliphatic rings. The van der Waals surface area contributed by atoms with Gasteiger partial charge in [0.15, 0.2) is 5.65 Å². The van der Waals surface area contributed by atoms with E-state index in [1.165, 1.54) is 5.56 Å². The summed E-state index contributed by atoms with van der Waals surface area (Å²) in [6.45, 7) is 4.13. The van der Waals surface area contributed by atoms with E-state index in [1.807, 2.05) is 31.2 Å². The van der Waals surface area contributed by atoms with E-state index in [4.69, 9.17) is 14.7 Å². The Labute approximate surface area is 192 Å². The fourth-order valence-corrected chi connectivity index (χ4v) is 5.07. The van der Waals surface area contributed by atoms with Crippen LogP contribution < -0.4 is 0 Å². The number of aryl methyl sites for hydroxylation is 1. The van der Waals surface area contributed by atoms with Crippen LogP contribution in [0.1, 0.15) is 24.2 Å². The largest absolute Gasteiger partial charge is 0.378 e. The van der Waals surface area contributed by atoms with E-state index >= 15 is 0 Å². The number of fused-ring (bicyclic) bond motifs is 3. The fourth-order valence-electron chi connectivity index (χ4n) is 5.07. The first-order valence-electron chi connectivity index (χ1n) is 11.4. The minimum Gasteiger partial charge on any atom is -0.378 e. The summed E-state index contributed by atoms with van der Waals surface area (Å²) in [6.07, 6.45) is 4.75. The third kappa shape index (κ3) is 3.73. The zero-order valence-electron chi connectivity index (χ0n) is 18.5. The summed E-state index contributed by atoms with van der Waals surface area (Å²) in [5.41, 5.74) is 5.92. The number of Topliss-reactive ketones (excluding diaryl/α,β-unsaturated/α-hetero) is 1. The zero-order valence-corrected chi connectivity index (χ0v) is 18.5. The van der Waals surface area contributed by atoms with Crippen molar-refractivity contribution in [2.75, 3.05) is 13.2 Å². The molecule has 0 amide bonds. The number of nitrogens with zero attached hydrogens (tertiary/aromatic N) is 5. The van der Waals surface area contributed by atoms with Crippen molar-refractivity contribution < 1.29 is 9.53 Å². The topological polar surface area (TPSA) is 73.1 Å². The van der Waals surface area contributed by atoms with Crippen LogP contribution in [0.2, 0.25) is 0 Å². The molecule has 3 aromatic heterocycles. The van der Waals surface area contributed by atoms with E-state index in [1.54, 1.807) is 12.4 Å². The molecule has 4 aromatic rings. The maximum absolute atomic E-state index is 12.0. The number of aromatic nitrogens is 4. The fraction of sp³-hybridized carbons (Fsp3) is 0.308. The molecule has 2 fully saturated rings. The van der Waals surface area contributed by atoms with E-state index in [9.17, 15) is 4.79 Å². The lowest BCUT2D eigenvalue weighted by molar-refractivity contribution is -0.136. The monoisotopic (exact) mass is 439 g/mol. The highest BCUT2D eigenvalue weighted by Gasteiger charge is 2.38. The molecule has 2 aliphatic heterocycles. The lowest BCUT2D eigenvalue weighted by atomic mass is 9.92. The molecule has 2 atom stereocenters. The molecule has 33 heavy (non-hydrogen) atoms. The summed E-state index contributed by atoms with van der Waals surface area (Å²) in [4.78, 5) is 28.2. The average molecular weight is 440 g/mol. The molecule has 0 N–H and O–H groups in total. The van der Waals surface area contributed by atoms with Crippen molar-refractivity contribution in [3.63, 3.8) is 0 Å². The molecular formula is C26H25N5O2. The first-order valence-corrected chi connectivity index (χ1v) is 11.4. The van der Waals surface area contributed by atoms with Gasteiger partial charge in [0.2, 0.25) is 0 Å². The molecule has 7 heteroatoms. The minimum atomic E-state index is 0.195. The highest BCUT2D eigenvalue weighted by Crippen LogP contribution is 2.28. The number of imidazole rings is 1. The minimum absolute atomic E-state index is 0.195. The quantitative estimate of drug-likeness (QED) is 0.483. The Balaban J connectivity index is 1.30. The number of rotatable bonds is 4. The van der Waals surface area contributed by atoms with Gasteiger partial charge in [0.05, 0.1) is 18.9 Å². The van der Waals surface area contributed by atoms with E-state index in [2.05, 4.69) is 38.7 Å². The van der Waals surface area contributed by atoms with Crippen LogP contribution in [-0.4, -0.2) is 55.5 Å². The highest BCUT2D eigenvalue weighted by atomic mass is 16.5. The van der Waals surface area contributed by atoms with E-state index < -0.39 is 0 Å². The molecule has 2 bridgehead atoms. The summed E-state index contributed by atoms with van der Waals surface area (Å²) in [5.74, 6) is 1.26. The van der Waals surface area contributed by atoms with Crippen LogP contribution in [0.4, 0.5) is 0 Å². The van der Waals surface area contributed by atoms with Crippen LogP contribution in [-0.2, 0) is 16.1 Å². The van der Waals surface area contributed by atoms with Gasteiger partial charge in [-0.1, -0.05) is 12.1 Å². The molecule has 5 heterocycles. The number of ether oxygens (including phenoxy) is 1. The Morgan fingerprint density at radius 1 is 0.939 bits per heavy atom. The number of piperidine rings is 1. The number of benzene rings is 1. The van der Waals surface area contributed by atoms with E-state index in [0.717, 1.165) is 40.5 Å². The molecule has 166 valence electrons. The van der Waals surface area contributed by atoms with Gasteiger partial charge in [0.1, 0.15) is 17.1 Å². The van der Waals surface area contributed by atoms with Gasteiger partial charge >= 0.3 is 0 Å². The van der Waals surface area contributed by atoms with Crippen LogP contribution in [0, 0.1) is 6.92 Å². The average Bonchev–Trinajstić information content (AvgIpc) is 3.15. The summed E-state index contributed by atoms with van der Waals surface area (Å²) >= 11 is 0. The molecule has 2 saturated heterocycles. The van der Waals surface area contributed by atoms with Crippen molar-refractivity contribution in [1.82, 2.24) is 24.4 Å². The lowest BCUT2D eigenvalue weighted by Crippen LogP contribution is -2.56. The standard InChI is InChI=1S/C26H25N5O2/c1-17-28-25-7-6-24(19-8-10-27-11-9-19)29-26(25)31(17)20-4-2-18(3-5-20)14-30-21-12-23(32)13-22(30)16-33-15-21/h2-11,21-22H,12-16H2,1H3/t21-,22+. The normalized spacial score (nSPS) is 20.9. The molecular weight excluding hydrogens is 414 g/mol. The van der Waals surface area contributed by atoms with Crippen LogP contribution >= 0.6 is 0 Å². The van der Waals surface area contributed by atoms with E-state index in [0.29, 0.717) is 31.8 Å². The van der Waals surface area contributed by atoms with Crippen molar-refractivity contribution in [2.45, 2.75) is 38.4 Å². The maximum Gasteiger partial charge on any atom is 0.165 e. The van der Waals surface area contributed by atoms with Crippen molar-refractivity contribution >= 4 is 16.9 Å². The number of pyridine rings is 2. The second-order valence-electron chi connectivity index (χ2n) is 8.90. The van der Waals surface area contributed by atoms with Crippen molar-refractivity contribution in [1.29, 1.82) is 0 Å². The van der Waals surface area contributed by atoms with Gasteiger partial charge in [-0.3, -0.25) is 19.2 Å². The van der Waals surface area contributed by atoms with Crippen molar-refractivity contribution in [2.24, 2.45) is 0 Å². The Morgan fingerprint density at radius 2 is 1.67 bits per heavy atom. The third-order valence-electron chi connectivity index (χ3n) is 6.69. The van der Waals surface area contributed by atoms with Crippen LogP contribution in [0.25, 0.3) is 28.1 Å². The second-order valence-corrected chi connectivity index (χ2v) is 8.90. The lowest BCUT2D eigenvalue weighted by Gasteiger charge is -2.45. The smallest absolute Gasteiger partial charge is 0.165 e. The van der Waals surface area contributed by atoms with Crippen LogP contribution in [0.5, 0.6) is 0 Å².